The van der Waals surface area contributed by atoms with Crippen LogP contribution in [0.25, 0.3) is 0 Å². The Hall–Kier alpha value is -1.17. The summed E-state index contributed by atoms with van der Waals surface area (Å²) in [5, 5.41) is 3.30. The second-order valence-corrected chi connectivity index (χ2v) is 9.68. The molecule has 1 aromatic carbocycles. The zero-order valence-electron chi connectivity index (χ0n) is 16.1. The van der Waals surface area contributed by atoms with Crippen molar-refractivity contribution < 1.29 is 17.2 Å². The lowest BCUT2D eigenvalue weighted by atomic mass is 10.1. The van der Waals surface area contributed by atoms with Crippen LogP contribution < -0.4 is 10.2 Å². The number of aliphatic imine (C=N–C) groups is 1. The Bertz CT molecular complexity index is 823. The van der Waals surface area contributed by atoms with Gasteiger partial charge in [-0.05, 0) is 25.0 Å². The van der Waals surface area contributed by atoms with Crippen molar-refractivity contribution in [2.24, 2.45) is 10.4 Å². The molecule has 0 aromatic heterocycles. The molecule has 28 heavy (non-hydrogen) atoms. The summed E-state index contributed by atoms with van der Waals surface area (Å²) in [7, 11) is -1.32. The number of benzene rings is 1. The summed E-state index contributed by atoms with van der Waals surface area (Å²) in [6.07, 6.45) is 3.07. The molecular formula is C18H27F2IN4O2S. The highest BCUT2D eigenvalue weighted by Crippen LogP contribution is 2.46. The molecule has 1 aliphatic heterocycles. The van der Waals surface area contributed by atoms with Crippen LogP contribution in [0.4, 0.5) is 14.5 Å². The maximum absolute atomic E-state index is 14.0. The molecule has 1 aliphatic carbocycles. The second-order valence-electron chi connectivity index (χ2n) is 7.54. The monoisotopic (exact) mass is 528 g/mol. The Balaban J connectivity index is 0.00000280. The first kappa shape index (κ1) is 23.1. The minimum absolute atomic E-state index is 0. The molecule has 6 nitrogen and oxygen atoms in total. The number of nitrogens with one attached hydrogen (secondary N) is 1. The van der Waals surface area contributed by atoms with Crippen molar-refractivity contribution in [3.63, 3.8) is 0 Å². The zero-order valence-corrected chi connectivity index (χ0v) is 19.3. The fourth-order valence-electron chi connectivity index (χ4n) is 3.59. The molecule has 0 radical (unpaired) electrons. The van der Waals surface area contributed by atoms with Crippen LogP contribution in [0.1, 0.15) is 12.8 Å². The van der Waals surface area contributed by atoms with E-state index in [9.17, 15) is 17.2 Å². The molecular weight excluding hydrogens is 501 g/mol. The number of halogens is 3. The maximum atomic E-state index is 14.0. The third kappa shape index (κ3) is 5.91. The van der Waals surface area contributed by atoms with Gasteiger partial charge in [0.1, 0.15) is 21.5 Å². The van der Waals surface area contributed by atoms with E-state index in [1.165, 1.54) is 12.3 Å². The Labute approximate surface area is 182 Å². The van der Waals surface area contributed by atoms with Crippen LogP contribution in [0.2, 0.25) is 0 Å². The Morgan fingerprint density at radius 2 is 1.86 bits per heavy atom. The summed E-state index contributed by atoms with van der Waals surface area (Å²) in [6.45, 7) is 2.92. The number of sulfone groups is 1. The van der Waals surface area contributed by atoms with Crippen molar-refractivity contribution >= 4 is 45.5 Å². The highest BCUT2D eigenvalue weighted by atomic mass is 127. The molecule has 3 rings (SSSR count). The molecule has 0 unspecified atom stereocenters. The number of piperazine rings is 1. The molecule has 1 heterocycles. The van der Waals surface area contributed by atoms with Crippen molar-refractivity contribution in [2.45, 2.75) is 12.8 Å². The molecule has 2 aliphatic rings. The van der Waals surface area contributed by atoms with Gasteiger partial charge in [-0.25, -0.2) is 17.2 Å². The summed E-state index contributed by atoms with van der Waals surface area (Å²) < 4.78 is 50.6. The summed E-state index contributed by atoms with van der Waals surface area (Å²) in [5.41, 5.74) is 0.0958. The number of rotatable bonds is 5. The molecule has 10 heteroatoms. The van der Waals surface area contributed by atoms with Gasteiger partial charge in [0, 0.05) is 57.5 Å². The standard InChI is InChI=1S/C18H26F2N4O2S.HI/c1-21-17(22-12-18(5-6-18)13-27(2,25)26)24-9-7-23(8-10-24)16-11-14(19)3-4-15(16)20;/h3-4,11H,5-10,12-13H2,1-2H3,(H,21,22);1H. The minimum Gasteiger partial charge on any atom is -0.366 e. The number of hydrogen-bond donors (Lipinski definition) is 1. The van der Waals surface area contributed by atoms with Crippen molar-refractivity contribution in [1.29, 1.82) is 0 Å². The van der Waals surface area contributed by atoms with E-state index in [1.807, 2.05) is 4.90 Å². The number of nitrogens with zero attached hydrogens (tertiary/aromatic N) is 3. The average Bonchev–Trinajstić information content (AvgIpc) is 3.36. The van der Waals surface area contributed by atoms with Gasteiger partial charge in [0.2, 0.25) is 0 Å². The summed E-state index contributed by atoms with van der Waals surface area (Å²) in [5.74, 6) is 0.0289. The van der Waals surface area contributed by atoms with Gasteiger partial charge in [0.15, 0.2) is 5.96 Å². The maximum Gasteiger partial charge on any atom is 0.193 e. The van der Waals surface area contributed by atoms with Gasteiger partial charge in [-0.1, -0.05) is 0 Å². The van der Waals surface area contributed by atoms with Crippen molar-refractivity contribution in [1.82, 2.24) is 10.2 Å². The smallest absolute Gasteiger partial charge is 0.193 e. The molecule has 0 amide bonds. The Morgan fingerprint density at radius 3 is 2.39 bits per heavy atom. The molecule has 1 saturated carbocycles. The fraction of sp³-hybridized carbons (Fsp3) is 0.611. The Kier molecular flexibility index (Phi) is 7.51. The Morgan fingerprint density at radius 1 is 1.21 bits per heavy atom. The quantitative estimate of drug-likeness (QED) is 0.361. The van der Waals surface area contributed by atoms with Crippen LogP contribution >= 0.6 is 24.0 Å². The number of hydrogen-bond acceptors (Lipinski definition) is 4. The lowest BCUT2D eigenvalue weighted by Gasteiger charge is -2.38. The van der Waals surface area contributed by atoms with Gasteiger partial charge in [0.25, 0.3) is 0 Å². The van der Waals surface area contributed by atoms with E-state index in [4.69, 9.17) is 0 Å². The molecule has 1 N–H and O–H groups in total. The molecule has 1 saturated heterocycles. The predicted octanol–water partition coefficient (Wildman–Crippen LogP) is 2.10. The van der Waals surface area contributed by atoms with Crippen LogP contribution in [0.5, 0.6) is 0 Å². The number of guanidine groups is 1. The fourth-order valence-corrected chi connectivity index (χ4v) is 5.09. The highest BCUT2D eigenvalue weighted by Gasteiger charge is 2.45. The highest BCUT2D eigenvalue weighted by molar-refractivity contribution is 14.0. The molecule has 0 spiro atoms. The van der Waals surface area contributed by atoms with Gasteiger partial charge in [-0.3, -0.25) is 4.99 Å². The third-order valence-electron chi connectivity index (χ3n) is 5.19. The van der Waals surface area contributed by atoms with E-state index in [2.05, 4.69) is 15.2 Å². The van der Waals surface area contributed by atoms with Gasteiger partial charge >= 0.3 is 0 Å². The molecule has 0 bridgehead atoms. The van der Waals surface area contributed by atoms with E-state index in [0.717, 1.165) is 25.0 Å². The van der Waals surface area contributed by atoms with Crippen molar-refractivity contribution in [2.75, 3.05) is 56.7 Å². The van der Waals surface area contributed by atoms with Gasteiger partial charge < -0.3 is 15.1 Å². The first-order chi connectivity index (χ1) is 12.7. The molecule has 158 valence electrons. The van der Waals surface area contributed by atoms with Crippen molar-refractivity contribution in [3.8, 4) is 0 Å². The van der Waals surface area contributed by atoms with E-state index < -0.39 is 21.5 Å². The molecule has 2 fully saturated rings. The van der Waals surface area contributed by atoms with Gasteiger partial charge in [-0.2, -0.15) is 0 Å². The van der Waals surface area contributed by atoms with Crippen LogP contribution in [0, 0.1) is 17.0 Å². The van der Waals surface area contributed by atoms with Gasteiger partial charge in [0.05, 0.1) is 11.4 Å². The zero-order chi connectivity index (χ0) is 19.7. The summed E-state index contributed by atoms with van der Waals surface area (Å²) in [6, 6.07) is 3.49. The van der Waals surface area contributed by atoms with E-state index in [-0.39, 0.29) is 40.8 Å². The number of anilines is 1. The molecule has 1 aromatic rings. The first-order valence-electron chi connectivity index (χ1n) is 9.05. The van der Waals surface area contributed by atoms with E-state index in [0.29, 0.717) is 38.7 Å². The molecule has 0 atom stereocenters. The van der Waals surface area contributed by atoms with Crippen LogP contribution in [-0.4, -0.2) is 71.1 Å². The van der Waals surface area contributed by atoms with Gasteiger partial charge in [-0.15, -0.1) is 24.0 Å². The van der Waals surface area contributed by atoms with E-state index in [1.54, 1.807) is 7.05 Å². The largest absolute Gasteiger partial charge is 0.366 e. The summed E-state index contributed by atoms with van der Waals surface area (Å²) in [4.78, 5) is 8.19. The lowest BCUT2D eigenvalue weighted by Crippen LogP contribution is -2.53. The summed E-state index contributed by atoms with van der Waals surface area (Å²) >= 11 is 0. The van der Waals surface area contributed by atoms with Crippen LogP contribution in [-0.2, 0) is 9.84 Å². The van der Waals surface area contributed by atoms with Crippen LogP contribution in [0.3, 0.4) is 0 Å². The topological polar surface area (TPSA) is 65.0 Å². The van der Waals surface area contributed by atoms with Crippen LogP contribution in [0.15, 0.2) is 23.2 Å². The van der Waals surface area contributed by atoms with E-state index >= 15 is 0 Å². The normalized spacial score (nSPS) is 19.2. The van der Waals surface area contributed by atoms with Crippen molar-refractivity contribution in [3.05, 3.63) is 29.8 Å². The predicted molar refractivity (Wildman–Crippen MR) is 118 cm³/mol. The first-order valence-corrected chi connectivity index (χ1v) is 11.1. The lowest BCUT2D eigenvalue weighted by molar-refractivity contribution is 0.366. The third-order valence-corrected chi connectivity index (χ3v) is 6.32. The second kappa shape index (κ2) is 9.10. The SMILES string of the molecule is CN=C(NCC1(CS(C)(=O)=O)CC1)N1CCN(c2cc(F)ccc2F)CC1.I. The minimum atomic E-state index is -3.01. The average molecular weight is 528 g/mol.